The summed E-state index contributed by atoms with van der Waals surface area (Å²) < 4.78 is 1.85. The molecule has 0 saturated heterocycles. The van der Waals surface area contributed by atoms with Crippen LogP contribution >= 0.6 is 12.2 Å². The molecule has 0 atom stereocenters. The predicted octanol–water partition coefficient (Wildman–Crippen LogP) is 1.10. The highest BCUT2D eigenvalue weighted by Gasteiger charge is 2.41. The van der Waals surface area contributed by atoms with Crippen LogP contribution in [0.4, 0.5) is 0 Å². The molecule has 0 aliphatic heterocycles. The van der Waals surface area contributed by atoms with Crippen molar-refractivity contribution in [3.63, 3.8) is 0 Å². The van der Waals surface area contributed by atoms with Crippen molar-refractivity contribution in [2.45, 2.75) is 44.9 Å². The van der Waals surface area contributed by atoms with E-state index in [0.717, 1.165) is 44.3 Å². The van der Waals surface area contributed by atoms with Gasteiger partial charge in [0.1, 0.15) is 12.2 Å². The molecule has 1 aliphatic rings. The highest BCUT2D eigenvalue weighted by Crippen LogP contribution is 2.35. The molecule has 1 aliphatic carbocycles. The number of carbonyl (C=O) groups excluding carboxylic acids is 1. The van der Waals surface area contributed by atoms with E-state index in [1.54, 1.807) is 6.33 Å². The third-order valence-corrected chi connectivity index (χ3v) is 4.69. The van der Waals surface area contributed by atoms with E-state index >= 15 is 0 Å². The van der Waals surface area contributed by atoms with Crippen molar-refractivity contribution in [2.24, 2.45) is 18.2 Å². The summed E-state index contributed by atoms with van der Waals surface area (Å²) in [6.45, 7) is 0.524. The number of aromatic nitrogens is 3. The van der Waals surface area contributed by atoms with Crippen LogP contribution in [0.25, 0.3) is 0 Å². The van der Waals surface area contributed by atoms with Crippen LogP contribution in [-0.4, -0.2) is 32.2 Å². The second kappa shape index (κ2) is 6.98. The van der Waals surface area contributed by atoms with Gasteiger partial charge in [0, 0.05) is 20.0 Å². The van der Waals surface area contributed by atoms with E-state index in [2.05, 4.69) is 15.5 Å². The maximum Gasteiger partial charge on any atom is 0.233 e. The van der Waals surface area contributed by atoms with Gasteiger partial charge in [-0.05, 0) is 12.8 Å². The SMILES string of the molecule is Cn1cnnc1CCNC(=O)C1(C(N)=S)CCCCCC1. The summed E-state index contributed by atoms with van der Waals surface area (Å²) in [7, 11) is 1.89. The molecule has 0 radical (unpaired) electrons. The minimum Gasteiger partial charge on any atom is -0.392 e. The van der Waals surface area contributed by atoms with Crippen LogP contribution in [0.1, 0.15) is 44.3 Å². The van der Waals surface area contributed by atoms with Crippen molar-refractivity contribution in [3.8, 4) is 0 Å². The lowest BCUT2D eigenvalue weighted by Crippen LogP contribution is -2.49. The van der Waals surface area contributed by atoms with E-state index in [0.29, 0.717) is 18.0 Å². The summed E-state index contributed by atoms with van der Waals surface area (Å²) in [5, 5.41) is 10.8. The number of nitrogens with two attached hydrogens (primary N) is 1. The monoisotopic (exact) mass is 309 g/mol. The molecule has 7 heteroatoms. The number of amides is 1. The summed E-state index contributed by atoms with van der Waals surface area (Å²) in [6.07, 6.45) is 8.14. The summed E-state index contributed by atoms with van der Waals surface area (Å²) in [6, 6.07) is 0. The lowest BCUT2D eigenvalue weighted by Gasteiger charge is -2.30. The smallest absolute Gasteiger partial charge is 0.233 e. The Bertz CT molecular complexity index is 505. The molecule has 1 heterocycles. The topological polar surface area (TPSA) is 85.8 Å². The molecule has 2 rings (SSSR count). The van der Waals surface area contributed by atoms with Crippen LogP contribution in [0.3, 0.4) is 0 Å². The van der Waals surface area contributed by atoms with Crippen molar-refractivity contribution in [1.82, 2.24) is 20.1 Å². The molecule has 3 N–H and O–H groups in total. The molecule has 1 aromatic heterocycles. The van der Waals surface area contributed by atoms with Crippen LogP contribution in [0, 0.1) is 5.41 Å². The molecule has 1 fully saturated rings. The van der Waals surface area contributed by atoms with Crippen molar-refractivity contribution < 1.29 is 4.79 Å². The van der Waals surface area contributed by atoms with Gasteiger partial charge in [0.2, 0.25) is 5.91 Å². The molecule has 0 aromatic carbocycles. The van der Waals surface area contributed by atoms with Gasteiger partial charge in [0.15, 0.2) is 0 Å². The van der Waals surface area contributed by atoms with Gasteiger partial charge in [0.05, 0.1) is 10.4 Å². The molecule has 1 aromatic rings. The Hall–Kier alpha value is -1.50. The maximum absolute atomic E-state index is 12.6. The fourth-order valence-electron chi connectivity index (χ4n) is 2.91. The molecule has 116 valence electrons. The van der Waals surface area contributed by atoms with Crippen LogP contribution in [0.5, 0.6) is 0 Å². The van der Waals surface area contributed by atoms with Crippen molar-refractivity contribution in [2.75, 3.05) is 6.54 Å². The Balaban J connectivity index is 1.95. The first-order chi connectivity index (χ1) is 10.1. The van der Waals surface area contributed by atoms with Crippen molar-refractivity contribution >= 4 is 23.1 Å². The van der Waals surface area contributed by atoms with Gasteiger partial charge in [-0.15, -0.1) is 10.2 Å². The minimum atomic E-state index is -0.661. The first kappa shape index (κ1) is 15.9. The quantitative estimate of drug-likeness (QED) is 0.628. The van der Waals surface area contributed by atoms with Crippen LogP contribution in [0.15, 0.2) is 6.33 Å². The first-order valence-corrected chi connectivity index (χ1v) is 7.88. The van der Waals surface area contributed by atoms with E-state index in [1.165, 1.54) is 0 Å². The number of hydrogen-bond donors (Lipinski definition) is 2. The summed E-state index contributed by atoms with van der Waals surface area (Å²) in [5.74, 6) is 0.819. The first-order valence-electron chi connectivity index (χ1n) is 7.47. The molecule has 1 saturated carbocycles. The Kier molecular flexibility index (Phi) is 5.27. The van der Waals surface area contributed by atoms with E-state index in [1.807, 2.05) is 11.6 Å². The largest absolute Gasteiger partial charge is 0.392 e. The summed E-state index contributed by atoms with van der Waals surface area (Å²) in [4.78, 5) is 12.9. The van der Waals surface area contributed by atoms with E-state index in [-0.39, 0.29) is 5.91 Å². The van der Waals surface area contributed by atoms with E-state index in [9.17, 15) is 4.79 Å². The number of nitrogens with one attached hydrogen (secondary N) is 1. The minimum absolute atomic E-state index is 0.0286. The average molecular weight is 309 g/mol. The fourth-order valence-corrected chi connectivity index (χ4v) is 3.20. The molecular weight excluding hydrogens is 286 g/mol. The Morgan fingerprint density at radius 3 is 2.62 bits per heavy atom. The molecule has 0 unspecified atom stereocenters. The molecule has 6 nitrogen and oxygen atoms in total. The average Bonchev–Trinajstić information content (AvgIpc) is 2.73. The lowest BCUT2D eigenvalue weighted by molar-refractivity contribution is -0.128. The van der Waals surface area contributed by atoms with E-state index < -0.39 is 5.41 Å². The highest BCUT2D eigenvalue weighted by molar-refractivity contribution is 7.80. The predicted molar refractivity (Wildman–Crippen MR) is 84.6 cm³/mol. The number of nitrogens with zero attached hydrogens (tertiary/aromatic N) is 3. The molecule has 0 spiro atoms. The zero-order valence-corrected chi connectivity index (χ0v) is 13.3. The number of carbonyl (C=O) groups is 1. The number of rotatable bonds is 5. The van der Waals surface area contributed by atoms with Gasteiger partial charge < -0.3 is 15.6 Å². The second-order valence-corrected chi connectivity index (χ2v) is 6.16. The number of aryl methyl sites for hydroxylation is 1. The standard InChI is InChI=1S/C14H23N5OS/c1-19-10-17-18-11(19)6-9-16-13(20)14(12(15)21)7-4-2-3-5-8-14/h10H,2-9H2,1H3,(H2,15,21)(H,16,20). The van der Waals surface area contributed by atoms with Gasteiger partial charge in [-0.25, -0.2) is 0 Å². The highest BCUT2D eigenvalue weighted by atomic mass is 32.1. The molecule has 0 bridgehead atoms. The Labute approximate surface area is 130 Å². The Morgan fingerprint density at radius 1 is 1.43 bits per heavy atom. The second-order valence-electron chi connectivity index (χ2n) is 5.72. The van der Waals surface area contributed by atoms with Gasteiger partial charge in [0.25, 0.3) is 0 Å². The fraction of sp³-hybridized carbons (Fsp3) is 0.714. The lowest BCUT2D eigenvalue weighted by atomic mass is 9.79. The molecule has 1 amide bonds. The number of thiocarbonyl (C=S) groups is 1. The summed E-state index contributed by atoms with van der Waals surface area (Å²) >= 11 is 5.21. The zero-order valence-electron chi connectivity index (χ0n) is 12.5. The van der Waals surface area contributed by atoms with Gasteiger partial charge in [-0.2, -0.15) is 0 Å². The Morgan fingerprint density at radius 2 is 2.10 bits per heavy atom. The van der Waals surface area contributed by atoms with Gasteiger partial charge >= 0.3 is 0 Å². The molecular formula is C14H23N5OS. The van der Waals surface area contributed by atoms with Crippen molar-refractivity contribution in [1.29, 1.82) is 0 Å². The van der Waals surface area contributed by atoms with Gasteiger partial charge in [-0.3, -0.25) is 4.79 Å². The van der Waals surface area contributed by atoms with Gasteiger partial charge in [-0.1, -0.05) is 37.9 Å². The number of hydrogen-bond acceptors (Lipinski definition) is 4. The third-order valence-electron chi connectivity index (χ3n) is 4.30. The van der Waals surface area contributed by atoms with Crippen LogP contribution in [0.2, 0.25) is 0 Å². The van der Waals surface area contributed by atoms with Crippen LogP contribution in [-0.2, 0) is 18.3 Å². The normalized spacial score (nSPS) is 18.0. The van der Waals surface area contributed by atoms with Crippen molar-refractivity contribution in [3.05, 3.63) is 12.2 Å². The van der Waals surface area contributed by atoms with Crippen LogP contribution < -0.4 is 11.1 Å². The maximum atomic E-state index is 12.6. The third kappa shape index (κ3) is 3.58. The van der Waals surface area contributed by atoms with E-state index in [4.69, 9.17) is 18.0 Å². The summed E-state index contributed by atoms with van der Waals surface area (Å²) in [5.41, 5.74) is 5.25. The molecule has 21 heavy (non-hydrogen) atoms. The zero-order chi connectivity index (χ0) is 15.3.